The molecule has 0 aliphatic carbocycles. The van der Waals surface area contributed by atoms with Gasteiger partial charge in [0, 0.05) is 29.6 Å². The molecule has 0 amide bonds. The van der Waals surface area contributed by atoms with Gasteiger partial charge in [0.15, 0.2) is 0 Å². The van der Waals surface area contributed by atoms with E-state index in [9.17, 15) is 9.18 Å². The summed E-state index contributed by atoms with van der Waals surface area (Å²) in [6.07, 6.45) is 0.970. The molecule has 0 radical (unpaired) electrons. The highest BCUT2D eigenvalue weighted by Gasteiger charge is 2.25. The third-order valence-corrected chi connectivity index (χ3v) is 5.07. The van der Waals surface area contributed by atoms with E-state index in [2.05, 4.69) is 23.3 Å². The highest BCUT2D eigenvalue weighted by molar-refractivity contribution is 7.10. The first-order valence-corrected chi connectivity index (χ1v) is 7.76. The van der Waals surface area contributed by atoms with Crippen molar-refractivity contribution >= 4 is 17.3 Å². The molecule has 1 aromatic heterocycles. The first kappa shape index (κ1) is 14.2. The van der Waals surface area contributed by atoms with Crippen molar-refractivity contribution in [2.24, 2.45) is 0 Å². The average molecular weight is 305 g/mol. The van der Waals surface area contributed by atoms with E-state index in [4.69, 9.17) is 5.11 Å². The van der Waals surface area contributed by atoms with E-state index < -0.39 is 5.97 Å². The predicted molar refractivity (Wildman–Crippen MR) is 80.2 cm³/mol. The fraction of sp³-hybridized carbons (Fsp3) is 0.312. The molecular weight excluding hydrogens is 289 g/mol. The molecule has 1 aliphatic heterocycles. The highest BCUT2D eigenvalue weighted by atomic mass is 32.1. The van der Waals surface area contributed by atoms with Crippen molar-refractivity contribution in [3.05, 3.63) is 57.0 Å². The second kappa shape index (κ2) is 5.58. The lowest BCUT2D eigenvalue weighted by Crippen LogP contribution is -2.33. The molecule has 21 heavy (non-hydrogen) atoms. The second-order valence-corrected chi connectivity index (χ2v) is 6.31. The van der Waals surface area contributed by atoms with Crippen molar-refractivity contribution in [3.63, 3.8) is 0 Å². The van der Waals surface area contributed by atoms with Crippen molar-refractivity contribution in [1.29, 1.82) is 0 Å². The summed E-state index contributed by atoms with van der Waals surface area (Å²) in [5, 5.41) is 11.1. The molecule has 1 aromatic carbocycles. The minimum atomic E-state index is -1.02. The van der Waals surface area contributed by atoms with Crippen LogP contribution < -0.4 is 0 Å². The van der Waals surface area contributed by atoms with Crippen LogP contribution in [0.15, 0.2) is 29.6 Å². The SMILES string of the molecule is CC1c2ccsc2CCN1Cc1cc(C(=O)O)ccc1F. The Morgan fingerprint density at radius 1 is 1.48 bits per heavy atom. The van der Waals surface area contributed by atoms with Crippen molar-refractivity contribution < 1.29 is 14.3 Å². The van der Waals surface area contributed by atoms with Gasteiger partial charge in [-0.05, 0) is 48.6 Å². The van der Waals surface area contributed by atoms with E-state index in [-0.39, 0.29) is 17.4 Å². The van der Waals surface area contributed by atoms with Crippen LogP contribution in [-0.4, -0.2) is 22.5 Å². The van der Waals surface area contributed by atoms with Crippen LogP contribution in [0.4, 0.5) is 4.39 Å². The Morgan fingerprint density at radius 2 is 2.29 bits per heavy atom. The van der Waals surface area contributed by atoms with E-state index in [0.29, 0.717) is 12.1 Å². The van der Waals surface area contributed by atoms with E-state index in [0.717, 1.165) is 13.0 Å². The molecule has 0 fully saturated rings. The van der Waals surface area contributed by atoms with Gasteiger partial charge in [0.2, 0.25) is 0 Å². The first-order chi connectivity index (χ1) is 10.1. The summed E-state index contributed by atoms with van der Waals surface area (Å²) in [4.78, 5) is 14.6. The van der Waals surface area contributed by atoms with Crippen LogP contribution in [0.25, 0.3) is 0 Å². The number of halogens is 1. The summed E-state index contributed by atoms with van der Waals surface area (Å²) in [5.74, 6) is -1.37. The molecule has 1 atom stereocenters. The van der Waals surface area contributed by atoms with Gasteiger partial charge >= 0.3 is 5.97 Å². The number of benzene rings is 1. The molecule has 0 bridgehead atoms. The van der Waals surface area contributed by atoms with E-state index in [1.54, 1.807) is 11.3 Å². The molecule has 3 rings (SSSR count). The molecule has 1 unspecified atom stereocenters. The lowest BCUT2D eigenvalue weighted by Gasteiger charge is -2.33. The molecule has 0 spiro atoms. The molecule has 0 saturated heterocycles. The molecule has 1 aliphatic rings. The number of hydrogen-bond donors (Lipinski definition) is 1. The Hall–Kier alpha value is -1.72. The molecular formula is C16H16FNO2S. The Balaban J connectivity index is 1.84. The zero-order valence-electron chi connectivity index (χ0n) is 11.7. The maximum absolute atomic E-state index is 13.9. The number of rotatable bonds is 3. The van der Waals surface area contributed by atoms with Gasteiger partial charge in [-0.2, -0.15) is 0 Å². The molecule has 5 heteroatoms. The Kier molecular flexibility index (Phi) is 3.78. The number of hydrogen-bond acceptors (Lipinski definition) is 3. The Labute approximate surface area is 126 Å². The van der Waals surface area contributed by atoms with Crippen molar-refractivity contribution in [1.82, 2.24) is 4.90 Å². The molecule has 2 aromatic rings. The van der Waals surface area contributed by atoms with Gasteiger partial charge < -0.3 is 5.11 Å². The van der Waals surface area contributed by atoms with Crippen LogP contribution in [0, 0.1) is 5.82 Å². The van der Waals surface area contributed by atoms with Crippen molar-refractivity contribution in [2.75, 3.05) is 6.54 Å². The number of aromatic carboxylic acids is 1. The van der Waals surface area contributed by atoms with Crippen molar-refractivity contribution in [2.45, 2.75) is 25.9 Å². The maximum Gasteiger partial charge on any atom is 0.335 e. The van der Waals surface area contributed by atoms with Gasteiger partial charge in [-0.25, -0.2) is 9.18 Å². The molecule has 3 nitrogen and oxygen atoms in total. The zero-order chi connectivity index (χ0) is 15.0. The number of carboxylic acids is 1. The maximum atomic E-state index is 13.9. The minimum Gasteiger partial charge on any atom is -0.478 e. The lowest BCUT2D eigenvalue weighted by atomic mass is 10.00. The number of carbonyl (C=O) groups is 1. The van der Waals surface area contributed by atoms with Gasteiger partial charge in [0.05, 0.1) is 5.56 Å². The monoisotopic (exact) mass is 305 g/mol. The minimum absolute atomic E-state index is 0.132. The molecule has 0 saturated carbocycles. The van der Waals surface area contributed by atoms with Crippen LogP contribution in [0.3, 0.4) is 0 Å². The van der Waals surface area contributed by atoms with Gasteiger partial charge in [0.25, 0.3) is 0 Å². The standard InChI is InChI=1S/C16H16FNO2S/c1-10-13-5-7-21-15(13)4-6-18(10)9-12-8-11(16(19)20)2-3-14(12)17/h2-3,5,7-8,10H,4,6,9H2,1H3,(H,19,20). The molecule has 110 valence electrons. The average Bonchev–Trinajstić information content (AvgIpc) is 2.93. The van der Waals surface area contributed by atoms with E-state index >= 15 is 0 Å². The fourth-order valence-electron chi connectivity index (χ4n) is 2.83. The van der Waals surface area contributed by atoms with Gasteiger partial charge in [-0.3, -0.25) is 4.90 Å². The number of carboxylic acid groups (broad SMARTS) is 1. The summed E-state index contributed by atoms with van der Waals surface area (Å²) in [7, 11) is 0. The summed E-state index contributed by atoms with van der Waals surface area (Å²) >= 11 is 1.77. The normalized spacial score (nSPS) is 18.5. The van der Waals surface area contributed by atoms with Gasteiger partial charge in [-0.15, -0.1) is 11.3 Å². The Bertz CT molecular complexity index is 683. The van der Waals surface area contributed by atoms with Gasteiger partial charge in [-0.1, -0.05) is 0 Å². The number of thiophene rings is 1. The van der Waals surface area contributed by atoms with Crippen LogP contribution >= 0.6 is 11.3 Å². The fourth-order valence-corrected chi connectivity index (χ4v) is 3.79. The highest BCUT2D eigenvalue weighted by Crippen LogP contribution is 2.33. The summed E-state index contributed by atoms with van der Waals surface area (Å²) in [5.41, 5.74) is 1.88. The van der Waals surface area contributed by atoms with Crippen molar-refractivity contribution in [3.8, 4) is 0 Å². The summed E-state index contributed by atoms with van der Waals surface area (Å²) < 4.78 is 13.9. The predicted octanol–water partition coefficient (Wildman–Crippen LogP) is 3.70. The van der Waals surface area contributed by atoms with Gasteiger partial charge in [0.1, 0.15) is 5.82 Å². The Morgan fingerprint density at radius 3 is 3.05 bits per heavy atom. The van der Waals surface area contributed by atoms with Crippen LogP contribution in [0.1, 0.15) is 39.3 Å². The zero-order valence-corrected chi connectivity index (χ0v) is 12.5. The number of fused-ring (bicyclic) bond motifs is 1. The van der Waals surface area contributed by atoms with Crippen LogP contribution in [0.5, 0.6) is 0 Å². The van der Waals surface area contributed by atoms with E-state index in [1.165, 1.54) is 28.6 Å². The largest absolute Gasteiger partial charge is 0.478 e. The third-order valence-electron chi connectivity index (χ3n) is 4.07. The molecule has 2 heterocycles. The smallest absolute Gasteiger partial charge is 0.335 e. The van der Waals surface area contributed by atoms with Crippen LogP contribution in [-0.2, 0) is 13.0 Å². The quantitative estimate of drug-likeness (QED) is 0.940. The summed E-state index contributed by atoms with van der Waals surface area (Å²) in [6.45, 7) is 3.42. The number of nitrogens with zero attached hydrogens (tertiary/aromatic N) is 1. The topological polar surface area (TPSA) is 40.5 Å². The van der Waals surface area contributed by atoms with Crippen LogP contribution in [0.2, 0.25) is 0 Å². The van der Waals surface area contributed by atoms with E-state index in [1.807, 2.05) is 0 Å². The first-order valence-electron chi connectivity index (χ1n) is 6.88. The summed E-state index contributed by atoms with van der Waals surface area (Å²) in [6, 6.07) is 6.34. The lowest BCUT2D eigenvalue weighted by molar-refractivity contribution is 0.0696. The third kappa shape index (κ3) is 2.71. The molecule has 1 N–H and O–H groups in total. The second-order valence-electron chi connectivity index (χ2n) is 5.31.